The molecule has 0 bridgehead atoms. The number of benzene rings is 2. The molecule has 2 aromatic carbocycles. The third-order valence-electron chi connectivity index (χ3n) is 4.79. The van der Waals surface area contributed by atoms with Crippen LogP contribution in [0.15, 0.2) is 60.9 Å². The van der Waals surface area contributed by atoms with Crippen molar-refractivity contribution >= 4 is 23.1 Å². The van der Waals surface area contributed by atoms with Crippen molar-refractivity contribution in [2.45, 2.75) is 19.3 Å². The zero-order valence-corrected chi connectivity index (χ0v) is 15.3. The second-order valence-corrected chi connectivity index (χ2v) is 6.64. The summed E-state index contributed by atoms with van der Waals surface area (Å²) in [5.74, 6) is 0.521. The van der Waals surface area contributed by atoms with E-state index in [9.17, 15) is 4.79 Å². The number of amides is 1. The Kier molecular flexibility index (Phi) is 4.98. The highest BCUT2D eigenvalue weighted by Gasteiger charge is 2.22. The standard InChI is InChI=1S/C22H19N5O/c23-15-19-22(25-12-11-24-19)26-18-9-7-16(8-10-18)14-21(28)27-13-3-5-17-4-1-2-6-20(17)27/h1-2,4,6-12H,3,5,13-14H2,(H,25,26). The van der Waals surface area contributed by atoms with Crippen LogP contribution in [0.1, 0.15) is 23.2 Å². The predicted octanol–water partition coefficient (Wildman–Crippen LogP) is 3.61. The van der Waals surface area contributed by atoms with Crippen molar-refractivity contribution < 1.29 is 4.79 Å². The van der Waals surface area contributed by atoms with E-state index >= 15 is 0 Å². The quantitative estimate of drug-likeness (QED) is 0.760. The van der Waals surface area contributed by atoms with E-state index in [1.807, 2.05) is 53.4 Å². The fourth-order valence-electron chi connectivity index (χ4n) is 3.42. The lowest BCUT2D eigenvalue weighted by molar-refractivity contribution is -0.118. The number of fused-ring (bicyclic) bond motifs is 1. The van der Waals surface area contributed by atoms with Crippen LogP contribution in [0.5, 0.6) is 0 Å². The maximum Gasteiger partial charge on any atom is 0.231 e. The van der Waals surface area contributed by atoms with Crippen molar-refractivity contribution in [3.63, 3.8) is 0 Å². The Morgan fingerprint density at radius 3 is 2.71 bits per heavy atom. The van der Waals surface area contributed by atoms with Gasteiger partial charge in [0.15, 0.2) is 11.5 Å². The number of carbonyl (C=O) groups excluding carboxylic acids is 1. The molecule has 0 fully saturated rings. The van der Waals surface area contributed by atoms with Crippen LogP contribution in [0, 0.1) is 11.3 Å². The van der Waals surface area contributed by atoms with Crippen LogP contribution in [0.2, 0.25) is 0 Å². The third-order valence-corrected chi connectivity index (χ3v) is 4.79. The summed E-state index contributed by atoms with van der Waals surface area (Å²) >= 11 is 0. The van der Waals surface area contributed by atoms with Crippen molar-refractivity contribution in [1.29, 1.82) is 5.26 Å². The van der Waals surface area contributed by atoms with E-state index in [1.165, 1.54) is 18.0 Å². The third kappa shape index (κ3) is 3.69. The van der Waals surface area contributed by atoms with Gasteiger partial charge in [-0.1, -0.05) is 30.3 Å². The second-order valence-electron chi connectivity index (χ2n) is 6.64. The Bertz CT molecular complexity index is 1040. The van der Waals surface area contributed by atoms with Gasteiger partial charge in [-0.15, -0.1) is 0 Å². The van der Waals surface area contributed by atoms with Crippen LogP contribution < -0.4 is 10.2 Å². The molecule has 1 aliphatic rings. The summed E-state index contributed by atoms with van der Waals surface area (Å²) in [6.07, 6.45) is 5.38. The first-order valence-corrected chi connectivity index (χ1v) is 9.20. The summed E-state index contributed by atoms with van der Waals surface area (Å²) < 4.78 is 0. The number of hydrogen-bond acceptors (Lipinski definition) is 5. The highest BCUT2D eigenvalue weighted by Crippen LogP contribution is 2.27. The molecule has 4 rings (SSSR count). The lowest BCUT2D eigenvalue weighted by Gasteiger charge is -2.29. The van der Waals surface area contributed by atoms with E-state index in [1.54, 1.807) is 0 Å². The highest BCUT2D eigenvalue weighted by atomic mass is 16.2. The van der Waals surface area contributed by atoms with Crippen molar-refractivity contribution in [3.8, 4) is 6.07 Å². The summed E-state index contributed by atoms with van der Waals surface area (Å²) in [5, 5.41) is 12.2. The maximum absolute atomic E-state index is 12.8. The minimum atomic E-state index is 0.105. The molecule has 1 aromatic heterocycles. The van der Waals surface area contributed by atoms with Crippen molar-refractivity contribution in [1.82, 2.24) is 9.97 Å². The van der Waals surface area contributed by atoms with Gasteiger partial charge in [0.25, 0.3) is 0 Å². The number of carbonyl (C=O) groups is 1. The van der Waals surface area contributed by atoms with Gasteiger partial charge in [0, 0.05) is 30.3 Å². The van der Waals surface area contributed by atoms with Crippen LogP contribution in [-0.2, 0) is 17.6 Å². The molecule has 1 aliphatic heterocycles. The molecule has 0 saturated carbocycles. The number of nitriles is 1. The van der Waals surface area contributed by atoms with E-state index in [0.717, 1.165) is 36.3 Å². The van der Waals surface area contributed by atoms with Gasteiger partial charge in [0.2, 0.25) is 5.91 Å². The van der Waals surface area contributed by atoms with Gasteiger partial charge in [-0.3, -0.25) is 4.79 Å². The minimum absolute atomic E-state index is 0.105. The number of aromatic nitrogens is 2. The zero-order chi connectivity index (χ0) is 19.3. The molecule has 0 unspecified atom stereocenters. The van der Waals surface area contributed by atoms with E-state index in [-0.39, 0.29) is 11.6 Å². The molecule has 0 atom stereocenters. The lowest BCUT2D eigenvalue weighted by Crippen LogP contribution is -2.36. The number of rotatable bonds is 4. The number of nitrogens with one attached hydrogen (secondary N) is 1. The van der Waals surface area contributed by atoms with Crippen LogP contribution in [0.25, 0.3) is 0 Å². The van der Waals surface area contributed by atoms with Gasteiger partial charge < -0.3 is 10.2 Å². The fourth-order valence-corrected chi connectivity index (χ4v) is 3.42. The van der Waals surface area contributed by atoms with Gasteiger partial charge in [0.1, 0.15) is 6.07 Å². The number of anilines is 3. The Hall–Kier alpha value is -3.72. The molecule has 1 amide bonds. The SMILES string of the molecule is N#Cc1nccnc1Nc1ccc(CC(=O)N2CCCc3ccccc32)cc1. The molecule has 138 valence electrons. The monoisotopic (exact) mass is 369 g/mol. The zero-order valence-electron chi connectivity index (χ0n) is 15.3. The molecule has 3 aromatic rings. The number of nitrogens with zero attached hydrogens (tertiary/aromatic N) is 4. The van der Waals surface area contributed by atoms with Crippen LogP contribution in [-0.4, -0.2) is 22.4 Å². The summed E-state index contributed by atoms with van der Waals surface area (Å²) in [7, 11) is 0. The van der Waals surface area contributed by atoms with Crippen molar-refractivity contribution in [2.75, 3.05) is 16.8 Å². The number of para-hydroxylation sites is 1. The Balaban J connectivity index is 1.45. The van der Waals surface area contributed by atoms with Crippen LogP contribution in [0.4, 0.5) is 17.2 Å². The van der Waals surface area contributed by atoms with E-state index in [0.29, 0.717) is 12.2 Å². The normalized spacial score (nSPS) is 12.8. The first-order chi connectivity index (χ1) is 13.7. The summed E-state index contributed by atoms with van der Waals surface area (Å²) in [6.45, 7) is 0.763. The second kappa shape index (κ2) is 7.89. The molecule has 0 radical (unpaired) electrons. The van der Waals surface area contributed by atoms with Gasteiger partial charge in [-0.25, -0.2) is 9.97 Å². The smallest absolute Gasteiger partial charge is 0.231 e. The van der Waals surface area contributed by atoms with E-state index < -0.39 is 0 Å². The van der Waals surface area contributed by atoms with E-state index in [2.05, 4.69) is 21.4 Å². The van der Waals surface area contributed by atoms with Crippen LogP contribution in [0.3, 0.4) is 0 Å². The van der Waals surface area contributed by atoms with Crippen molar-refractivity contribution in [3.05, 3.63) is 77.7 Å². The summed E-state index contributed by atoms with van der Waals surface area (Å²) in [6, 6.07) is 17.7. The molecular weight excluding hydrogens is 350 g/mol. The summed E-state index contributed by atoms with van der Waals surface area (Å²) in [4.78, 5) is 22.9. The van der Waals surface area contributed by atoms with Gasteiger partial charge in [0.05, 0.1) is 6.42 Å². The van der Waals surface area contributed by atoms with E-state index in [4.69, 9.17) is 5.26 Å². The topological polar surface area (TPSA) is 81.9 Å². The maximum atomic E-state index is 12.8. The molecule has 0 aliphatic carbocycles. The predicted molar refractivity (Wildman–Crippen MR) is 107 cm³/mol. The number of hydrogen-bond donors (Lipinski definition) is 1. The largest absolute Gasteiger partial charge is 0.338 e. The average molecular weight is 369 g/mol. The summed E-state index contributed by atoms with van der Waals surface area (Å²) in [5.41, 5.74) is 4.24. The molecule has 0 spiro atoms. The number of aryl methyl sites for hydroxylation is 1. The Morgan fingerprint density at radius 1 is 1.11 bits per heavy atom. The molecule has 6 heteroatoms. The van der Waals surface area contributed by atoms with Crippen molar-refractivity contribution in [2.24, 2.45) is 0 Å². The lowest BCUT2D eigenvalue weighted by atomic mass is 10.0. The van der Waals surface area contributed by atoms with Gasteiger partial charge in [-0.05, 0) is 42.2 Å². The molecule has 1 N–H and O–H groups in total. The highest BCUT2D eigenvalue weighted by molar-refractivity contribution is 5.96. The minimum Gasteiger partial charge on any atom is -0.338 e. The molecule has 28 heavy (non-hydrogen) atoms. The van der Waals surface area contributed by atoms with Gasteiger partial charge >= 0.3 is 0 Å². The Labute approximate surface area is 163 Å². The first kappa shape index (κ1) is 17.7. The molecular formula is C22H19N5O. The average Bonchev–Trinajstić information content (AvgIpc) is 2.75. The fraction of sp³-hybridized carbons (Fsp3) is 0.182. The molecule has 6 nitrogen and oxygen atoms in total. The molecule has 2 heterocycles. The van der Waals surface area contributed by atoms with Crippen LogP contribution >= 0.6 is 0 Å². The Morgan fingerprint density at radius 2 is 1.89 bits per heavy atom. The molecule has 0 saturated heterocycles. The first-order valence-electron chi connectivity index (χ1n) is 9.20. The van der Waals surface area contributed by atoms with Gasteiger partial charge in [-0.2, -0.15) is 5.26 Å².